The van der Waals surface area contributed by atoms with Gasteiger partial charge in [-0.25, -0.2) is 0 Å². The molecular formula is C10H18F3NO2. The Bertz CT molecular complexity index is 239. The van der Waals surface area contributed by atoms with Gasteiger partial charge in [0.05, 0.1) is 0 Å². The second kappa shape index (κ2) is 5.52. The maximum Gasteiger partial charge on any atom is 0.403 e. The zero-order valence-electron chi connectivity index (χ0n) is 9.69. The average Bonchev–Trinajstić information content (AvgIpc) is 2.09. The van der Waals surface area contributed by atoms with Crippen molar-refractivity contribution in [3.8, 4) is 0 Å². The van der Waals surface area contributed by atoms with E-state index in [1.54, 1.807) is 0 Å². The van der Waals surface area contributed by atoms with Crippen molar-refractivity contribution < 1.29 is 23.1 Å². The summed E-state index contributed by atoms with van der Waals surface area (Å²) in [4.78, 5) is 10.4. The van der Waals surface area contributed by atoms with Crippen LogP contribution in [0.4, 0.5) is 13.2 Å². The molecule has 0 aromatic carbocycles. The molecule has 0 spiro atoms. The van der Waals surface area contributed by atoms with Gasteiger partial charge in [0.1, 0.15) is 0 Å². The molecule has 0 saturated heterocycles. The first-order chi connectivity index (χ1) is 7.10. The van der Waals surface area contributed by atoms with Crippen LogP contribution in [0.15, 0.2) is 0 Å². The minimum absolute atomic E-state index is 0.130. The maximum atomic E-state index is 12.3. The Morgan fingerprint density at radius 2 is 1.88 bits per heavy atom. The lowest BCUT2D eigenvalue weighted by atomic mass is 9.90. The van der Waals surface area contributed by atoms with E-state index < -0.39 is 24.6 Å². The molecule has 96 valence electrons. The third kappa shape index (κ3) is 5.34. The highest BCUT2D eigenvalue weighted by Crippen LogP contribution is 2.26. The minimum Gasteiger partial charge on any atom is -0.481 e. The van der Waals surface area contributed by atoms with Crippen LogP contribution >= 0.6 is 0 Å². The molecule has 0 bridgehead atoms. The van der Waals surface area contributed by atoms with E-state index in [1.807, 2.05) is 20.8 Å². The van der Waals surface area contributed by atoms with E-state index in [-0.39, 0.29) is 5.41 Å². The van der Waals surface area contributed by atoms with E-state index >= 15 is 0 Å². The van der Waals surface area contributed by atoms with Crippen LogP contribution in [-0.2, 0) is 4.79 Å². The summed E-state index contributed by atoms with van der Waals surface area (Å²) in [5.41, 5.74) is -0.130. The Labute approximate surface area is 93.0 Å². The molecule has 6 heteroatoms. The molecule has 0 amide bonds. The Kier molecular flexibility index (Phi) is 5.25. The third-order valence-electron chi connectivity index (χ3n) is 2.60. The van der Waals surface area contributed by atoms with Crippen LogP contribution in [0.25, 0.3) is 0 Å². The van der Waals surface area contributed by atoms with Crippen molar-refractivity contribution >= 4 is 5.97 Å². The number of nitrogens with one attached hydrogen (secondary N) is 1. The number of carbonyl (C=O) groups is 1. The molecule has 0 radical (unpaired) electrons. The van der Waals surface area contributed by atoms with Gasteiger partial charge in [0.25, 0.3) is 0 Å². The minimum atomic E-state index is -4.70. The van der Waals surface area contributed by atoms with Crippen LogP contribution in [0.1, 0.15) is 27.2 Å². The quantitative estimate of drug-likeness (QED) is 0.750. The molecule has 0 aliphatic heterocycles. The van der Waals surface area contributed by atoms with Crippen molar-refractivity contribution in [2.45, 2.75) is 33.4 Å². The standard InChI is InChI=1S/C10H18F3NO2/c1-4-9(2,3)6-14-5-7(8(15)16)10(11,12)13/h7,14H,4-6H2,1-3H3,(H,15,16). The number of alkyl halides is 3. The first-order valence-corrected chi connectivity index (χ1v) is 5.10. The molecule has 1 atom stereocenters. The number of hydrogen-bond donors (Lipinski definition) is 2. The predicted octanol–water partition coefficient (Wildman–Crippen LogP) is 2.28. The normalized spacial score (nSPS) is 14.9. The van der Waals surface area contributed by atoms with Gasteiger partial charge in [-0.1, -0.05) is 20.8 Å². The van der Waals surface area contributed by atoms with Gasteiger partial charge in [-0.2, -0.15) is 13.2 Å². The molecule has 1 unspecified atom stereocenters. The van der Waals surface area contributed by atoms with E-state index in [4.69, 9.17) is 5.11 Å². The number of rotatable bonds is 6. The monoisotopic (exact) mass is 241 g/mol. The van der Waals surface area contributed by atoms with E-state index in [0.717, 1.165) is 6.42 Å². The molecule has 2 N–H and O–H groups in total. The van der Waals surface area contributed by atoms with Crippen LogP contribution in [-0.4, -0.2) is 30.3 Å². The third-order valence-corrected chi connectivity index (χ3v) is 2.60. The van der Waals surface area contributed by atoms with Crippen LogP contribution in [0, 0.1) is 11.3 Å². The zero-order valence-corrected chi connectivity index (χ0v) is 9.69. The first-order valence-electron chi connectivity index (χ1n) is 5.10. The Morgan fingerprint density at radius 1 is 1.38 bits per heavy atom. The summed E-state index contributed by atoms with van der Waals surface area (Å²) in [6.45, 7) is 5.53. The number of carboxylic acids is 1. The molecule has 0 aromatic heterocycles. The zero-order chi connectivity index (χ0) is 13.0. The summed E-state index contributed by atoms with van der Waals surface area (Å²) in [5, 5.41) is 11.0. The molecule has 0 aromatic rings. The number of hydrogen-bond acceptors (Lipinski definition) is 2. The van der Waals surface area contributed by atoms with Crippen molar-refractivity contribution in [1.82, 2.24) is 5.32 Å². The van der Waals surface area contributed by atoms with Crippen molar-refractivity contribution in [2.24, 2.45) is 11.3 Å². The molecular weight excluding hydrogens is 223 g/mol. The first kappa shape index (κ1) is 15.2. The average molecular weight is 241 g/mol. The molecule has 0 aliphatic carbocycles. The highest BCUT2D eigenvalue weighted by molar-refractivity contribution is 5.71. The Morgan fingerprint density at radius 3 is 2.19 bits per heavy atom. The lowest BCUT2D eigenvalue weighted by Crippen LogP contribution is -2.41. The summed E-state index contributed by atoms with van der Waals surface area (Å²) in [6.07, 6.45) is -3.89. The fourth-order valence-corrected chi connectivity index (χ4v) is 1.02. The summed E-state index contributed by atoms with van der Waals surface area (Å²) in [7, 11) is 0. The van der Waals surface area contributed by atoms with Crippen LogP contribution in [0.2, 0.25) is 0 Å². The van der Waals surface area contributed by atoms with Gasteiger partial charge in [-0.15, -0.1) is 0 Å². The summed E-state index contributed by atoms with van der Waals surface area (Å²) < 4.78 is 36.8. The largest absolute Gasteiger partial charge is 0.481 e. The SMILES string of the molecule is CCC(C)(C)CNCC(C(=O)O)C(F)(F)F. The molecule has 0 heterocycles. The maximum absolute atomic E-state index is 12.3. The molecule has 0 saturated carbocycles. The lowest BCUT2D eigenvalue weighted by molar-refractivity contribution is -0.192. The van der Waals surface area contributed by atoms with Gasteiger partial charge >= 0.3 is 12.1 Å². The molecule has 0 aliphatic rings. The van der Waals surface area contributed by atoms with Gasteiger partial charge in [0.15, 0.2) is 5.92 Å². The second-order valence-corrected chi connectivity index (χ2v) is 4.58. The second-order valence-electron chi connectivity index (χ2n) is 4.58. The fraction of sp³-hybridized carbons (Fsp3) is 0.900. The van der Waals surface area contributed by atoms with Gasteiger partial charge in [-0.3, -0.25) is 4.79 Å². The number of aliphatic carboxylic acids is 1. The Hall–Kier alpha value is -0.780. The number of halogens is 3. The van der Waals surface area contributed by atoms with Crippen LogP contribution < -0.4 is 5.32 Å². The lowest BCUT2D eigenvalue weighted by Gasteiger charge is -2.24. The van der Waals surface area contributed by atoms with Crippen molar-refractivity contribution in [3.63, 3.8) is 0 Å². The van der Waals surface area contributed by atoms with Crippen molar-refractivity contribution in [2.75, 3.05) is 13.1 Å². The molecule has 16 heavy (non-hydrogen) atoms. The van der Waals surface area contributed by atoms with Gasteiger partial charge in [0, 0.05) is 13.1 Å². The fourth-order valence-electron chi connectivity index (χ4n) is 1.02. The summed E-state index contributed by atoms with van der Waals surface area (Å²) in [5.74, 6) is -4.17. The topological polar surface area (TPSA) is 49.3 Å². The smallest absolute Gasteiger partial charge is 0.403 e. The number of carboxylic acid groups (broad SMARTS) is 1. The van der Waals surface area contributed by atoms with Gasteiger partial charge in [-0.05, 0) is 11.8 Å². The Balaban J connectivity index is 4.21. The highest BCUT2D eigenvalue weighted by Gasteiger charge is 2.44. The van der Waals surface area contributed by atoms with Crippen LogP contribution in [0.5, 0.6) is 0 Å². The van der Waals surface area contributed by atoms with Crippen LogP contribution in [0.3, 0.4) is 0 Å². The van der Waals surface area contributed by atoms with E-state index in [9.17, 15) is 18.0 Å². The molecule has 3 nitrogen and oxygen atoms in total. The predicted molar refractivity (Wildman–Crippen MR) is 54.1 cm³/mol. The van der Waals surface area contributed by atoms with E-state index in [2.05, 4.69) is 5.32 Å². The van der Waals surface area contributed by atoms with Gasteiger partial charge in [0.2, 0.25) is 0 Å². The molecule has 0 rings (SSSR count). The van der Waals surface area contributed by atoms with Crippen molar-refractivity contribution in [1.29, 1.82) is 0 Å². The van der Waals surface area contributed by atoms with E-state index in [1.165, 1.54) is 0 Å². The van der Waals surface area contributed by atoms with Crippen molar-refractivity contribution in [3.05, 3.63) is 0 Å². The summed E-state index contributed by atoms with van der Waals surface area (Å²) in [6, 6.07) is 0. The van der Waals surface area contributed by atoms with Gasteiger partial charge < -0.3 is 10.4 Å². The summed E-state index contributed by atoms with van der Waals surface area (Å²) >= 11 is 0. The van der Waals surface area contributed by atoms with E-state index in [0.29, 0.717) is 6.54 Å². The molecule has 0 fully saturated rings. The highest BCUT2D eigenvalue weighted by atomic mass is 19.4.